The van der Waals surface area contributed by atoms with E-state index >= 15 is 0 Å². The van der Waals surface area contributed by atoms with Gasteiger partial charge in [-0.05, 0) is 86.5 Å². The normalized spacial score (nSPS) is 15.7. The van der Waals surface area contributed by atoms with Crippen LogP contribution in [-0.2, 0) is 17.6 Å². The van der Waals surface area contributed by atoms with E-state index in [1.807, 2.05) is 30.5 Å². The molecule has 3 aromatic rings. The largest absolute Gasteiger partial charge is 0.339 e. The van der Waals surface area contributed by atoms with Crippen molar-refractivity contribution in [1.82, 2.24) is 20.3 Å². The molecule has 0 unspecified atom stereocenters. The molecule has 0 atom stereocenters. The van der Waals surface area contributed by atoms with Crippen LogP contribution in [0.2, 0.25) is 5.02 Å². The van der Waals surface area contributed by atoms with Crippen molar-refractivity contribution in [3.05, 3.63) is 59.0 Å². The predicted molar refractivity (Wildman–Crippen MR) is 135 cm³/mol. The van der Waals surface area contributed by atoms with Gasteiger partial charge < -0.3 is 21.3 Å². The highest BCUT2D eigenvalue weighted by Gasteiger charge is 2.16. The number of piperidine rings is 1. The Bertz CT molecular complexity index is 1180. The second kappa shape index (κ2) is 10.4. The lowest BCUT2D eigenvalue weighted by Gasteiger charge is -2.22. The number of nitrogens with zero attached hydrogens (tertiary/aromatic N) is 3. The predicted octanol–water partition coefficient (Wildman–Crippen LogP) is 4.83. The smallest absolute Gasteiger partial charge is 0.229 e. The highest BCUT2D eigenvalue weighted by Crippen LogP contribution is 2.29. The molecule has 4 N–H and O–H groups in total. The van der Waals surface area contributed by atoms with E-state index in [1.54, 1.807) is 12.4 Å². The molecule has 2 aliphatic heterocycles. The highest BCUT2D eigenvalue weighted by molar-refractivity contribution is 6.32. The van der Waals surface area contributed by atoms with E-state index in [1.165, 1.54) is 0 Å². The fourth-order valence-corrected chi connectivity index (χ4v) is 4.61. The number of hydrogen-bond acceptors (Lipinski definition) is 7. The van der Waals surface area contributed by atoms with Gasteiger partial charge in [0, 0.05) is 24.0 Å². The first kappa shape index (κ1) is 22.6. The van der Waals surface area contributed by atoms with Crippen LogP contribution < -0.4 is 21.3 Å². The van der Waals surface area contributed by atoms with Crippen LogP contribution in [0.5, 0.6) is 0 Å². The minimum Gasteiger partial charge on any atom is -0.339 e. The van der Waals surface area contributed by atoms with Crippen molar-refractivity contribution in [1.29, 1.82) is 0 Å². The molecule has 2 aromatic heterocycles. The zero-order valence-electron chi connectivity index (χ0n) is 18.9. The van der Waals surface area contributed by atoms with Crippen LogP contribution in [0.4, 0.5) is 28.8 Å². The monoisotopic (exact) mass is 477 g/mol. The molecule has 1 amide bonds. The Morgan fingerprint density at radius 1 is 1.06 bits per heavy atom. The van der Waals surface area contributed by atoms with Crippen molar-refractivity contribution < 1.29 is 4.79 Å². The standard InChI is InChI=1S/C25H28ClN7O/c26-21-15-29-25-31-20-11-17(13-28-14-20)1-3-18-12-19(30-24(21)33-25)4-5-22(18)32-23(34)6-2-16-7-9-27-10-8-16/h4-5,11-16,27H,1-3,6-10H2,(H,32,34)(H2,29,30,31,33). The molecule has 6 bridgehead atoms. The number of anilines is 5. The lowest BCUT2D eigenvalue weighted by molar-refractivity contribution is -0.116. The number of benzene rings is 1. The average Bonchev–Trinajstić information content (AvgIpc) is 2.86. The van der Waals surface area contributed by atoms with Gasteiger partial charge in [0.2, 0.25) is 11.9 Å². The topological polar surface area (TPSA) is 104 Å². The van der Waals surface area contributed by atoms with Gasteiger partial charge in [0.25, 0.3) is 0 Å². The zero-order chi connectivity index (χ0) is 23.3. The number of nitrogens with one attached hydrogen (secondary N) is 4. The Morgan fingerprint density at radius 3 is 2.82 bits per heavy atom. The maximum Gasteiger partial charge on any atom is 0.229 e. The van der Waals surface area contributed by atoms with E-state index in [0.29, 0.717) is 29.1 Å². The number of aromatic nitrogens is 3. The second-order valence-electron chi connectivity index (χ2n) is 8.87. The minimum atomic E-state index is 0.0646. The zero-order valence-corrected chi connectivity index (χ0v) is 19.7. The lowest BCUT2D eigenvalue weighted by atomic mass is 9.93. The third-order valence-corrected chi connectivity index (χ3v) is 6.64. The lowest BCUT2D eigenvalue weighted by Crippen LogP contribution is -2.28. The maximum absolute atomic E-state index is 12.8. The van der Waals surface area contributed by atoms with Crippen molar-refractivity contribution in [3.8, 4) is 0 Å². The number of carbonyl (C=O) groups is 1. The van der Waals surface area contributed by atoms with E-state index in [4.69, 9.17) is 11.6 Å². The number of carbonyl (C=O) groups excluding carboxylic acids is 1. The van der Waals surface area contributed by atoms with Gasteiger partial charge in [0.05, 0.1) is 18.1 Å². The molecule has 0 spiro atoms. The summed E-state index contributed by atoms with van der Waals surface area (Å²) in [7, 11) is 0. The van der Waals surface area contributed by atoms with Crippen LogP contribution in [-0.4, -0.2) is 33.9 Å². The Balaban J connectivity index is 1.38. The molecule has 5 rings (SSSR count). The molecule has 0 aliphatic carbocycles. The number of amides is 1. The summed E-state index contributed by atoms with van der Waals surface area (Å²) in [5.74, 6) is 1.63. The maximum atomic E-state index is 12.8. The van der Waals surface area contributed by atoms with Gasteiger partial charge in [-0.15, -0.1) is 0 Å². The molecule has 0 radical (unpaired) electrons. The van der Waals surface area contributed by atoms with Crippen molar-refractivity contribution >= 4 is 46.3 Å². The molecule has 0 saturated carbocycles. The van der Waals surface area contributed by atoms with Crippen molar-refractivity contribution in [3.63, 3.8) is 0 Å². The fourth-order valence-electron chi connectivity index (χ4n) is 4.47. The van der Waals surface area contributed by atoms with Crippen LogP contribution in [0, 0.1) is 5.92 Å². The SMILES string of the molecule is O=C(CCC1CCNCC1)Nc1ccc2cc1CCc1cncc(c1)Nc1ncc(Cl)c(n1)N2. The summed E-state index contributed by atoms with van der Waals surface area (Å²) >= 11 is 6.34. The van der Waals surface area contributed by atoms with Gasteiger partial charge in [-0.25, -0.2) is 4.98 Å². The van der Waals surface area contributed by atoms with Crippen molar-refractivity contribution in [2.75, 3.05) is 29.0 Å². The molecule has 9 heteroatoms. The summed E-state index contributed by atoms with van der Waals surface area (Å²) < 4.78 is 0. The van der Waals surface area contributed by atoms with Gasteiger partial charge in [-0.2, -0.15) is 4.98 Å². The first-order chi connectivity index (χ1) is 16.6. The second-order valence-corrected chi connectivity index (χ2v) is 9.28. The first-order valence-corrected chi connectivity index (χ1v) is 12.1. The van der Waals surface area contributed by atoms with Gasteiger partial charge in [0.1, 0.15) is 5.02 Å². The Morgan fingerprint density at radius 2 is 1.94 bits per heavy atom. The molecular weight excluding hydrogens is 450 g/mol. The summed E-state index contributed by atoms with van der Waals surface area (Å²) in [6.07, 6.45) is 10.5. The van der Waals surface area contributed by atoms with Gasteiger partial charge in [-0.1, -0.05) is 11.6 Å². The van der Waals surface area contributed by atoms with Gasteiger partial charge >= 0.3 is 0 Å². The van der Waals surface area contributed by atoms with E-state index in [0.717, 1.165) is 73.4 Å². The van der Waals surface area contributed by atoms with Crippen LogP contribution in [0.3, 0.4) is 0 Å². The molecule has 1 saturated heterocycles. The van der Waals surface area contributed by atoms with Crippen molar-refractivity contribution in [2.24, 2.45) is 5.92 Å². The number of pyridine rings is 1. The number of aryl methyl sites for hydroxylation is 2. The molecule has 176 valence electrons. The third-order valence-electron chi connectivity index (χ3n) is 6.36. The van der Waals surface area contributed by atoms with Crippen LogP contribution in [0.1, 0.15) is 36.8 Å². The molecule has 2 aliphatic rings. The molecule has 4 heterocycles. The van der Waals surface area contributed by atoms with Gasteiger partial charge in [0.15, 0.2) is 5.82 Å². The van der Waals surface area contributed by atoms with Gasteiger partial charge in [-0.3, -0.25) is 9.78 Å². The average molecular weight is 478 g/mol. The van der Waals surface area contributed by atoms with Crippen molar-refractivity contribution in [2.45, 2.75) is 38.5 Å². The van der Waals surface area contributed by atoms with E-state index in [9.17, 15) is 4.79 Å². The quantitative estimate of drug-likeness (QED) is 0.426. The molecular formula is C25H28ClN7O. The Hall–Kier alpha value is -3.23. The summed E-state index contributed by atoms with van der Waals surface area (Å²) in [4.78, 5) is 25.9. The number of rotatable bonds is 4. The molecule has 8 nitrogen and oxygen atoms in total. The Labute approximate surface area is 204 Å². The summed E-state index contributed by atoms with van der Waals surface area (Å²) in [6.45, 7) is 2.10. The van der Waals surface area contributed by atoms with E-state index < -0.39 is 0 Å². The molecule has 34 heavy (non-hydrogen) atoms. The highest BCUT2D eigenvalue weighted by atomic mass is 35.5. The Kier molecular flexibility index (Phi) is 6.87. The van der Waals surface area contributed by atoms with Crippen LogP contribution in [0.15, 0.2) is 42.9 Å². The minimum absolute atomic E-state index is 0.0646. The number of halogens is 1. The van der Waals surface area contributed by atoms with Crippen LogP contribution >= 0.6 is 11.6 Å². The summed E-state index contributed by atoms with van der Waals surface area (Å²) in [5.41, 5.74) is 4.62. The van der Waals surface area contributed by atoms with Crippen LogP contribution in [0.25, 0.3) is 0 Å². The summed E-state index contributed by atoms with van der Waals surface area (Å²) in [5, 5.41) is 13.4. The molecule has 1 aromatic carbocycles. The first-order valence-electron chi connectivity index (χ1n) is 11.8. The fraction of sp³-hybridized carbons (Fsp3) is 0.360. The number of hydrogen-bond donors (Lipinski definition) is 4. The summed E-state index contributed by atoms with van der Waals surface area (Å²) in [6, 6.07) is 7.96. The molecule has 1 fully saturated rings. The van der Waals surface area contributed by atoms with E-state index in [-0.39, 0.29) is 5.91 Å². The van der Waals surface area contributed by atoms with E-state index in [2.05, 4.69) is 36.2 Å². The number of fused-ring (bicyclic) bond motifs is 6. The third kappa shape index (κ3) is 5.63.